The Hall–Kier alpha value is -2.66. The normalized spacial score (nSPS) is 15.9. The summed E-state index contributed by atoms with van der Waals surface area (Å²) in [6, 6.07) is 5.50. The number of fused-ring (bicyclic) bond motifs is 1. The Morgan fingerprint density at radius 1 is 1.27 bits per heavy atom. The second kappa shape index (κ2) is 8.60. The van der Waals surface area contributed by atoms with Crippen LogP contribution in [0.15, 0.2) is 39.1 Å². The van der Waals surface area contributed by atoms with Gasteiger partial charge < -0.3 is 5.32 Å². The second-order valence-corrected chi connectivity index (χ2v) is 9.58. The maximum absolute atomic E-state index is 12.7. The third-order valence-corrected chi connectivity index (χ3v) is 7.27. The lowest BCUT2D eigenvalue weighted by Crippen LogP contribution is -2.38. The van der Waals surface area contributed by atoms with Crippen LogP contribution in [0.1, 0.15) is 25.1 Å². The molecule has 1 unspecified atom stereocenters. The van der Waals surface area contributed by atoms with Crippen LogP contribution in [-0.4, -0.2) is 35.5 Å². The van der Waals surface area contributed by atoms with Gasteiger partial charge in [0.2, 0.25) is 11.8 Å². The lowest BCUT2D eigenvalue weighted by Gasteiger charge is -2.25. The van der Waals surface area contributed by atoms with E-state index >= 15 is 0 Å². The summed E-state index contributed by atoms with van der Waals surface area (Å²) >= 11 is 1.37. The molecule has 0 radical (unpaired) electrons. The highest BCUT2D eigenvalue weighted by atomic mass is 32.2. The lowest BCUT2D eigenvalue weighted by molar-refractivity contribution is -0.120. The number of benzene rings is 1. The number of aromatic nitrogens is 2. The number of thioether (sulfide) groups is 1. The van der Waals surface area contributed by atoms with Gasteiger partial charge in [0.1, 0.15) is 0 Å². The van der Waals surface area contributed by atoms with E-state index in [1.807, 2.05) is 18.6 Å². The first-order valence-electron chi connectivity index (χ1n) is 9.29. The Morgan fingerprint density at radius 2 is 1.93 bits per heavy atom. The molecule has 1 aliphatic heterocycles. The van der Waals surface area contributed by atoms with Gasteiger partial charge in [0.25, 0.3) is 15.6 Å². The van der Waals surface area contributed by atoms with Crippen LogP contribution < -0.4 is 15.6 Å². The van der Waals surface area contributed by atoms with Crippen molar-refractivity contribution in [2.24, 2.45) is 5.92 Å². The molecule has 3 rings (SSSR count). The number of amides is 2. The predicted octanol–water partition coefficient (Wildman–Crippen LogP) is 1.30. The summed E-state index contributed by atoms with van der Waals surface area (Å²) in [6.07, 6.45) is 0.577. The maximum Gasteiger partial charge on any atom is 0.264 e. The summed E-state index contributed by atoms with van der Waals surface area (Å²) < 4.78 is 27.4. The SMILES string of the molecule is CCc1c(C)nc2n(c1=O)CC(C(=O)Nc1ccc(S(=O)(=O)NC(C)=O)cc1)CS2. The molecule has 30 heavy (non-hydrogen) atoms. The highest BCUT2D eigenvalue weighted by Gasteiger charge is 2.28. The molecule has 1 atom stereocenters. The molecule has 0 saturated heterocycles. The fourth-order valence-corrected chi connectivity index (χ4v) is 5.28. The van der Waals surface area contributed by atoms with E-state index in [0.717, 1.165) is 12.6 Å². The summed E-state index contributed by atoms with van der Waals surface area (Å²) in [4.78, 5) is 40.8. The second-order valence-electron chi connectivity index (χ2n) is 6.91. The Balaban J connectivity index is 1.73. The van der Waals surface area contributed by atoms with Crippen molar-refractivity contribution < 1.29 is 18.0 Å². The van der Waals surface area contributed by atoms with Crippen molar-refractivity contribution in [2.75, 3.05) is 11.1 Å². The van der Waals surface area contributed by atoms with E-state index in [9.17, 15) is 22.8 Å². The molecular weight excluding hydrogens is 428 g/mol. The van der Waals surface area contributed by atoms with Gasteiger partial charge >= 0.3 is 0 Å². The Kier molecular flexibility index (Phi) is 6.32. The molecule has 1 aromatic heterocycles. The molecule has 160 valence electrons. The fraction of sp³-hybridized carbons (Fsp3) is 0.368. The smallest absolute Gasteiger partial charge is 0.264 e. The van der Waals surface area contributed by atoms with E-state index < -0.39 is 21.8 Å². The van der Waals surface area contributed by atoms with Gasteiger partial charge in [-0.25, -0.2) is 18.1 Å². The third kappa shape index (κ3) is 4.57. The molecule has 2 N–H and O–H groups in total. The van der Waals surface area contributed by atoms with Crippen LogP contribution in [0.5, 0.6) is 0 Å². The van der Waals surface area contributed by atoms with E-state index in [4.69, 9.17) is 0 Å². The standard InChI is InChI=1S/C19H22N4O5S2/c1-4-16-11(2)20-19-23(18(16)26)9-13(10-29-19)17(25)21-14-5-7-15(8-6-14)30(27,28)22-12(3)24/h5-8,13H,4,9-10H2,1-3H3,(H,21,25)(H,22,24). The van der Waals surface area contributed by atoms with Crippen molar-refractivity contribution in [2.45, 2.75) is 43.8 Å². The summed E-state index contributed by atoms with van der Waals surface area (Å²) in [5.74, 6) is -0.903. The van der Waals surface area contributed by atoms with Crippen molar-refractivity contribution in [3.05, 3.63) is 45.9 Å². The number of hydrogen-bond donors (Lipinski definition) is 2. The first kappa shape index (κ1) is 22.0. The molecule has 1 aromatic carbocycles. The molecular formula is C19H22N4O5S2. The van der Waals surface area contributed by atoms with Gasteiger partial charge in [-0.3, -0.25) is 19.0 Å². The number of aryl methyl sites for hydroxylation is 1. The molecule has 2 amide bonds. The van der Waals surface area contributed by atoms with E-state index in [-0.39, 0.29) is 22.9 Å². The number of anilines is 1. The van der Waals surface area contributed by atoms with Crippen molar-refractivity contribution >= 4 is 39.3 Å². The number of carbonyl (C=O) groups excluding carboxylic acids is 2. The topological polar surface area (TPSA) is 127 Å². The molecule has 0 saturated carbocycles. The number of rotatable bonds is 5. The minimum absolute atomic E-state index is 0.0852. The largest absolute Gasteiger partial charge is 0.326 e. The molecule has 0 aliphatic carbocycles. The zero-order valence-electron chi connectivity index (χ0n) is 16.8. The molecule has 1 aliphatic rings. The van der Waals surface area contributed by atoms with Gasteiger partial charge in [-0.05, 0) is 37.6 Å². The van der Waals surface area contributed by atoms with Gasteiger partial charge in [0.15, 0.2) is 5.16 Å². The quantitative estimate of drug-likeness (QED) is 0.657. The maximum atomic E-state index is 12.7. The summed E-state index contributed by atoms with van der Waals surface area (Å²) in [5.41, 5.74) is 1.67. The van der Waals surface area contributed by atoms with Gasteiger partial charge in [-0.15, -0.1) is 0 Å². The molecule has 11 heteroatoms. The Morgan fingerprint density at radius 3 is 2.53 bits per heavy atom. The first-order chi connectivity index (χ1) is 14.1. The van der Waals surface area contributed by atoms with E-state index in [1.165, 1.54) is 36.0 Å². The van der Waals surface area contributed by atoms with E-state index in [0.29, 0.717) is 28.6 Å². The van der Waals surface area contributed by atoms with Crippen molar-refractivity contribution in [3.63, 3.8) is 0 Å². The van der Waals surface area contributed by atoms with Crippen LogP contribution in [-0.2, 0) is 32.6 Å². The van der Waals surface area contributed by atoms with Gasteiger partial charge in [0, 0.05) is 36.2 Å². The summed E-state index contributed by atoms with van der Waals surface area (Å²) in [7, 11) is -3.93. The van der Waals surface area contributed by atoms with Crippen LogP contribution in [0.25, 0.3) is 0 Å². The van der Waals surface area contributed by atoms with E-state index in [1.54, 1.807) is 4.57 Å². The Labute approximate surface area is 178 Å². The summed E-state index contributed by atoms with van der Waals surface area (Å²) in [5, 5.41) is 3.37. The minimum atomic E-state index is -3.93. The predicted molar refractivity (Wildman–Crippen MR) is 113 cm³/mol. The minimum Gasteiger partial charge on any atom is -0.326 e. The molecule has 0 spiro atoms. The summed E-state index contributed by atoms with van der Waals surface area (Å²) in [6.45, 7) is 5.06. The number of hydrogen-bond acceptors (Lipinski definition) is 7. The van der Waals surface area contributed by atoms with Crippen LogP contribution in [0, 0.1) is 12.8 Å². The van der Waals surface area contributed by atoms with Crippen LogP contribution in [0.2, 0.25) is 0 Å². The van der Waals surface area contributed by atoms with Gasteiger partial charge in [-0.2, -0.15) is 0 Å². The average Bonchev–Trinajstić information content (AvgIpc) is 2.67. The van der Waals surface area contributed by atoms with Crippen molar-refractivity contribution in [1.29, 1.82) is 0 Å². The third-order valence-electron chi connectivity index (χ3n) is 4.69. The zero-order chi connectivity index (χ0) is 22.1. The van der Waals surface area contributed by atoms with Crippen LogP contribution >= 0.6 is 11.8 Å². The Bertz CT molecular complexity index is 1160. The molecule has 2 heterocycles. The van der Waals surface area contributed by atoms with Gasteiger partial charge in [0.05, 0.1) is 10.8 Å². The monoisotopic (exact) mass is 450 g/mol. The fourth-order valence-electron chi connectivity index (χ4n) is 3.17. The van der Waals surface area contributed by atoms with Crippen molar-refractivity contribution in [1.82, 2.24) is 14.3 Å². The lowest BCUT2D eigenvalue weighted by atomic mass is 10.1. The van der Waals surface area contributed by atoms with Gasteiger partial charge in [-0.1, -0.05) is 18.7 Å². The number of sulfonamides is 1. The number of nitrogens with zero attached hydrogens (tertiary/aromatic N) is 2. The van der Waals surface area contributed by atoms with Crippen LogP contribution in [0.4, 0.5) is 5.69 Å². The molecule has 0 bridgehead atoms. The molecule has 2 aromatic rings. The van der Waals surface area contributed by atoms with Crippen LogP contribution in [0.3, 0.4) is 0 Å². The zero-order valence-corrected chi connectivity index (χ0v) is 18.4. The van der Waals surface area contributed by atoms with Crippen molar-refractivity contribution in [3.8, 4) is 0 Å². The number of nitrogens with one attached hydrogen (secondary N) is 2. The molecule has 9 nitrogen and oxygen atoms in total. The molecule has 0 fully saturated rings. The first-order valence-corrected chi connectivity index (χ1v) is 11.8. The highest BCUT2D eigenvalue weighted by Crippen LogP contribution is 2.27. The number of carbonyl (C=O) groups is 2. The average molecular weight is 451 g/mol. The highest BCUT2D eigenvalue weighted by molar-refractivity contribution is 7.99. The van der Waals surface area contributed by atoms with E-state index in [2.05, 4.69) is 10.3 Å².